The molecule has 3 aromatic rings. The summed E-state index contributed by atoms with van der Waals surface area (Å²) >= 11 is 0. The molecule has 0 saturated carbocycles. The Morgan fingerprint density at radius 2 is 1.22 bits per heavy atom. The predicted molar refractivity (Wildman–Crippen MR) is 124 cm³/mol. The van der Waals surface area contributed by atoms with Gasteiger partial charge in [0.05, 0.1) is 12.6 Å². The molecule has 0 aromatic heterocycles. The minimum atomic E-state index is -0.356. The molecule has 0 aliphatic carbocycles. The summed E-state index contributed by atoms with van der Waals surface area (Å²) in [5.74, 6) is -0.539. The number of hydrogen-bond acceptors (Lipinski definition) is 5. The van der Waals surface area contributed by atoms with Crippen molar-refractivity contribution in [3.05, 3.63) is 108 Å². The molecule has 0 bridgehead atoms. The van der Waals surface area contributed by atoms with E-state index in [1.54, 1.807) is 24.3 Å². The molecule has 1 fully saturated rings. The van der Waals surface area contributed by atoms with E-state index >= 15 is 0 Å². The lowest BCUT2D eigenvalue weighted by Crippen LogP contribution is -2.49. The summed E-state index contributed by atoms with van der Waals surface area (Å²) in [6.07, 6.45) is 0. The van der Waals surface area contributed by atoms with Crippen LogP contribution in [0, 0.1) is 0 Å². The van der Waals surface area contributed by atoms with Gasteiger partial charge in [-0.25, -0.2) is 0 Å². The first-order chi connectivity index (χ1) is 15.7. The zero-order valence-corrected chi connectivity index (χ0v) is 18.1. The van der Waals surface area contributed by atoms with Gasteiger partial charge in [-0.2, -0.15) is 0 Å². The third-order valence-corrected chi connectivity index (χ3v) is 5.82. The van der Waals surface area contributed by atoms with Crippen LogP contribution in [0.25, 0.3) is 0 Å². The molecule has 0 unspecified atom stereocenters. The number of ketones is 1. The standard InChI is InChI=1S/C27H28N2O3/c30-25(22-10-4-1-5-11-22)21-32-26(31)20-28-16-18-29(19-17-28)27(23-12-6-2-7-13-23)24-14-8-3-9-15-24/h1-15,27H,16-21H2. The summed E-state index contributed by atoms with van der Waals surface area (Å²) in [4.78, 5) is 29.0. The molecule has 1 aliphatic heterocycles. The highest BCUT2D eigenvalue weighted by Gasteiger charge is 2.27. The predicted octanol–water partition coefficient (Wildman–Crippen LogP) is 3.82. The first-order valence-corrected chi connectivity index (χ1v) is 11.0. The minimum Gasteiger partial charge on any atom is -0.456 e. The lowest BCUT2D eigenvalue weighted by molar-refractivity contribution is -0.144. The summed E-state index contributed by atoms with van der Waals surface area (Å²) in [5.41, 5.74) is 3.10. The molecule has 1 saturated heterocycles. The van der Waals surface area contributed by atoms with Gasteiger partial charge in [-0.15, -0.1) is 0 Å². The van der Waals surface area contributed by atoms with Crippen molar-refractivity contribution in [1.82, 2.24) is 9.80 Å². The van der Waals surface area contributed by atoms with Crippen molar-refractivity contribution in [1.29, 1.82) is 0 Å². The molecule has 1 heterocycles. The normalized spacial score (nSPS) is 14.9. The summed E-state index contributed by atoms with van der Waals surface area (Å²) in [5, 5.41) is 0. The second kappa shape index (κ2) is 10.8. The number of benzene rings is 3. The third kappa shape index (κ3) is 5.69. The van der Waals surface area contributed by atoms with E-state index in [0.29, 0.717) is 5.56 Å². The van der Waals surface area contributed by atoms with Crippen molar-refractivity contribution in [2.24, 2.45) is 0 Å². The minimum absolute atomic E-state index is 0.183. The first-order valence-electron chi connectivity index (χ1n) is 11.0. The van der Waals surface area contributed by atoms with Crippen LogP contribution in [0.15, 0.2) is 91.0 Å². The Morgan fingerprint density at radius 3 is 1.75 bits per heavy atom. The summed E-state index contributed by atoms with van der Waals surface area (Å²) in [7, 11) is 0. The summed E-state index contributed by atoms with van der Waals surface area (Å²) in [6.45, 7) is 3.25. The van der Waals surface area contributed by atoms with Crippen LogP contribution in [0.1, 0.15) is 27.5 Å². The first kappa shape index (κ1) is 21.9. The van der Waals surface area contributed by atoms with Crippen molar-refractivity contribution >= 4 is 11.8 Å². The molecule has 0 spiro atoms. The summed E-state index contributed by atoms with van der Waals surface area (Å²) < 4.78 is 5.23. The Labute approximate surface area is 189 Å². The fourth-order valence-electron chi connectivity index (χ4n) is 4.15. The maximum atomic E-state index is 12.3. The highest BCUT2D eigenvalue weighted by molar-refractivity contribution is 5.97. The van der Waals surface area contributed by atoms with Crippen LogP contribution in [-0.4, -0.2) is 60.9 Å². The van der Waals surface area contributed by atoms with E-state index in [2.05, 4.69) is 58.3 Å². The van der Waals surface area contributed by atoms with Crippen LogP contribution in [0.5, 0.6) is 0 Å². The number of nitrogens with zero attached hydrogens (tertiary/aromatic N) is 2. The molecule has 3 aromatic carbocycles. The van der Waals surface area contributed by atoms with Crippen LogP contribution in [0.4, 0.5) is 0 Å². The third-order valence-electron chi connectivity index (χ3n) is 5.82. The Morgan fingerprint density at radius 1 is 0.719 bits per heavy atom. The van der Waals surface area contributed by atoms with E-state index in [1.165, 1.54) is 11.1 Å². The summed E-state index contributed by atoms with van der Waals surface area (Å²) in [6, 6.07) is 30.2. The molecule has 4 rings (SSSR count). The number of piperazine rings is 1. The Hall–Kier alpha value is -3.28. The van der Waals surface area contributed by atoms with E-state index in [4.69, 9.17) is 4.74 Å². The number of hydrogen-bond donors (Lipinski definition) is 0. The van der Waals surface area contributed by atoms with Gasteiger partial charge in [-0.05, 0) is 11.1 Å². The average molecular weight is 429 g/mol. The zero-order valence-electron chi connectivity index (χ0n) is 18.1. The lowest BCUT2D eigenvalue weighted by Gasteiger charge is -2.39. The topological polar surface area (TPSA) is 49.9 Å². The number of carbonyl (C=O) groups is 2. The molecule has 5 nitrogen and oxygen atoms in total. The van der Waals surface area contributed by atoms with Gasteiger partial charge in [-0.1, -0.05) is 91.0 Å². The van der Waals surface area contributed by atoms with Crippen LogP contribution in [0.3, 0.4) is 0 Å². The van der Waals surface area contributed by atoms with Gasteiger partial charge in [0.25, 0.3) is 0 Å². The molecular formula is C27H28N2O3. The molecule has 32 heavy (non-hydrogen) atoms. The largest absolute Gasteiger partial charge is 0.456 e. The van der Waals surface area contributed by atoms with Crippen molar-refractivity contribution in [2.75, 3.05) is 39.3 Å². The smallest absolute Gasteiger partial charge is 0.320 e. The number of esters is 1. The van der Waals surface area contributed by atoms with Gasteiger partial charge in [0.15, 0.2) is 12.4 Å². The van der Waals surface area contributed by atoms with Gasteiger partial charge < -0.3 is 4.74 Å². The SMILES string of the molecule is O=C(CN1CCN(C(c2ccccc2)c2ccccc2)CC1)OCC(=O)c1ccccc1. The Kier molecular flexibility index (Phi) is 7.43. The van der Waals surface area contributed by atoms with Crippen LogP contribution in [0.2, 0.25) is 0 Å². The van der Waals surface area contributed by atoms with E-state index in [9.17, 15) is 9.59 Å². The molecule has 0 amide bonds. The highest BCUT2D eigenvalue weighted by atomic mass is 16.5. The van der Waals surface area contributed by atoms with E-state index in [0.717, 1.165) is 26.2 Å². The van der Waals surface area contributed by atoms with Gasteiger partial charge in [0.2, 0.25) is 0 Å². The van der Waals surface area contributed by atoms with Crippen molar-refractivity contribution in [3.63, 3.8) is 0 Å². The van der Waals surface area contributed by atoms with Crippen LogP contribution < -0.4 is 0 Å². The molecular weight excluding hydrogens is 400 g/mol. The van der Waals surface area contributed by atoms with Crippen molar-refractivity contribution in [2.45, 2.75) is 6.04 Å². The number of ether oxygens (including phenoxy) is 1. The Bertz CT molecular complexity index is 961. The number of rotatable bonds is 8. The second-order valence-corrected chi connectivity index (χ2v) is 7.99. The van der Waals surface area contributed by atoms with E-state index in [-0.39, 0.29) is 30.9 Å². The van der Waals surface area contributed by atoms with E-state index in [1.807, 2.05) is 18.2 Å². The number of Topliss-reactive ketones (excluding diaryl/α,β-unsaturated/α-hetero) is 1. The van der Waals surface area contributed by atoms with Crippen LogP contribution in [-0.2, 0) is 9.53 Å². The van der Waals surface area contributed by atoms with Crippen molar-refractivity contribution < 1.29 is 14.3 Å². The molecule has 0 radical (unpaired) electrons. The lowest BCUT2D eigenvalue weighted by atomic mass is 9.96. The quantitative estimate of drug-likeness (QED) is 0.403. The van der Waals surface area contributed by atoms with Gasteiger partial charge in [0.1, 0.15) is 0 Å². The molecule has 1 aliphatic rings. The monoisotopic (exact) mass is 428 g/mol. The highest BCUT2D eigenvalue weighted by Crippen LogP contribution is 2.29. The van der Waals surface area contributed by atoms with Gasteiger partial charge >= 0.3 is 5.97 Å². The fourth-order valence-corrected chi connectivity index (χ4v) is 4.15. The van der Waals surface area contributed by atoms with Crippen molar-refractivity contribution in [3.8, 4) is 0 Å². The average Bonchev–Trinajstić information content (AvgIpc) is 2.86. The molecule has 5 heteroatoms. The molecule has 0 N–H and O–H groups in total. The second-order valence-electron chi connectivity index (χ2n) is 7.99. The molecule has 0 atom stereocenters. The maximum absolute atomic E-state index is 12.3. The fraction of sp³-hybridized carbons (Fsp3) is 0.259. The maximum Gasteiger partial charge on any atom is 0.320 e. The molecule has 164 valence electrons. The number of carbonyl (C=O) groups excluding carboxylic acids is 2. The van der Waals surface area contributed by atoms with Crippen LogP contribution >= 0.6 is 0 Å². The van der Waals surface area contributed by atoms with Gasteiger partial charge in [0, 0.05) is 31.7 Å². The Balaban J connectivity index is 1.31. The zero-order chi connectivity index (χ0) is 22.2. The van der Waals surface area contributed by atoms with Gasteiger partial charge in [-0.3, -0.25) is 19.4 Å². The van der Waals surface area contributed by atoms with E-state index < -0.39 is 0 Å².